The van der Waals surface area contributed by atoms with Crippen LogP contribution in [0.25, 0.3) is 115 Å². The Balaban J connectivity index is 1.20. The van der Waals surface area contributed by atoms with Crippen LogP contribution in [0.3, 0.4) is 0 Å². The molecule has 0 spiro atoms. The van der Waals surface area contributed by atoms with Crippen molar-refractivity contribution in [3.05, 3.63) is 216 Å². The fourth-order valence-electron chi connectivity index (χ4n) is 10.0. The van der Waals surface area contributed by atoms with Crippen molar-refractivity contribution in [2.75, 3.05) is 0 Å². The molecule has 4 nitrogen and oxygen atoms in total. The van der Waals surface area contributed by atoms with Crippen molar-refractivity contribution in [2.24, 2.45) is 0 Å². The molecule has 17 heteroatoms. The average molecular weight is 1080 g/mol. The minimum Gasteiger partial charge on any atom is -0.308 e. The van der Waals surface area contributed by atoms with Crippen LogP contribution < -0.4 is 0 Å². The van der Waals surface area contributed by atoms with Crippen molar-refractivity contribution >= 4 is 53.3 Å². The normalized spacial score (nSPS) is 12.6. The van der Waals surface area contributed by atoms with Gasteiger partial charge in [0, 0.05) is 47.6 Å². The van der Waals surface area contributed by atoms with Gasteiger partial charge >= 0.3 is 24.7 Å². The van der Waals surface area contributed by atoms with E-state index in [1.807, 2.05) is 60.7 Å². The Labute approximate surface area is 438 Å². The molecule has 78 heavy (non-hydrogen) atoms. The van der Waals surface area contributed by atoms with Gasteiger partial charge in [-0.05, 0) is 88.0 Å². The number of nitrogens with zero attached hydrogens (tertiary/aromatic N) is 4. The molecule has 9 aromatic carbocycles. The number of thiophene rings is 1. The van der Waals surface area contributed by atoms with Crippen LogP contribution in [0, 0.1) is 0 Å². The third-order valence-corrected chi connectivity index (χ3v) is 14.8. The number of halogens is 12. The Morgan fingerprint density at radius 2 is 0.782 bits per heavy atom. The molecular formula is C61H32F12N4S. The third-order valence-electron chi connectivity index (χ3n) is 13.6. The van der Waals surface area contributed by atoms with Gasteiger partial charge in [-0.25, -0.2) is 15.0 Å². The molecule has 0 atom stereocenters. The Kier molecular flexibility index (Phi) is 11.8. The van der Waals surface area contributed by atoms with Gasteiger partial charge in [0.1, 0.15) is 0 Å². The Morgan fingerprint density at radius 1 is 0.321 bits per heavy atom. The number of aromatic nitrogens is 4. The average Bonchev–Trinajstić information content (AvgIpc) is 4.19. The van der Waals surface area contributed by atoms with Crippen LogP contribution in [0.15, 0.2) is 194 Å². The van der Waals surface area contributed by atoms with Gasteiger partial charge in [-0.2, -0.15) is 52.7 Å². The summed E-state index contributed by atoms with van der Waals surface area (Å²) in [6.45, 7) is 0. The minimum atomic E-state index is -5.27. The van der Waals surface area contributed by atoms with Crippen molar-refractivity contribution in [1.29, 1.82) is 0 Å². The summed E-state index contributed by atoms with van der Waals surface area (Å²) in [7, 11) is 0. The minimum absolute atomic E-state index is 0.0347. The highest BCUT2D eigenvalue weighted by Gasteiger charge is 2.40. The van der Waals surface area contributed by atoms with Gasteiger partial charge < -0.3 is 4.57 Å². The molecule has 0 radical (unpaired) electrons. The first-order valence-electron chi connectivity index (χ1n) is 23.8. The van der Waals surface area contributed by atoms with Gasteiger partial charge in [-0.3, -0.25) is 0 Å². The van der Waals surface area contributed by atoms with E-state index in [0.29, 0.717) is 45.2 Å². The highest BCUT2D eigenvalue weighted by Crippen LogP contribution is 2.48. The largest absolute Gasteiger partial charge is 0.417 e. The second kappa shape index (κ2) is 18.4. The fourth-order valence-corrected chi connectivity index (χ4v) is 11.2. The van der Waals surface area contributed by atoms with Crippen molar-refractivity contribution in [2.45, 2.75) is 24.7 Å². The monoisotopic (exact) mass is 1080 g/mol. The van der Waals surface area contributed by atoms with E-state index >= 15 is 0 Å². The van der Waals surface area contributed by atoms with Crippen LogP contribution in [0.1, 0.15) is 22.3 Å². The highest BCUT2D eigenvalue weighted by atomic mass is 32.1. The van der Waals surface area contributed by atoms with Crippen LogP contribution in [0.4, 0.5) is 52.7 Å². The van der Waals surface area contributed by atoms with E-state index in [2.05, 4.69) is 0 Å². The quantitative estimate of drug-likeness (QED) is 0.149. The number of hydrogen-bond donors (Lipinski definition) is 0. The molecule has 0 saturated heterocycles. The van der Waals surface area contributed by atoms with Gasteiger partial charge in [0.05, 0.1) is 39.0 Å². The number of fused-ring (bicyclic) bond motifs is 6. The Hall–Kier alpha value is -8.83. The Bertz CT molecular complexity index is 4140. The van der Waals surface area contributed by atoms with Gasteiger partial charge in [0.15, 0.2) is 17.5 Å². The van der Waals surface area contributed by atoms with E-state index in [1.165, 1.54) is 36.4 Å². The van der Waals surface area contributed by atoms with Crippen molar-refractivity contribution < 1.29 is 52.7 Å². The highest BCUT2D eigenvalue weighted by molar-refractivity contribution is 7.26. The summed E-state index contributed by atoms with van der Waals surface area (Å²) in [5.41, 5.74) is -4.21. The second-order valence-corrected chi connectivity index (χ2v) is 19.4. The lowest BCUT2D eigenvalue weighted by atomic mass is 9.95. The molecule has 12 aromatic rings. The number of alkyl halides is 12. The third kappa shape index (κ3) is 8.96. The summed E-state index contributed by atoms with van der Waals surface area (Å²) < 4.78 is 177. The summed E-state index contributed by atoms with van der Waals surface area (Å²) in [5, 5.41) is 2.69. The van der Waals surface area contributed by atoms with E-state index in [4.69, 9.17) is 15.0 Å². The molecule has 0 saturated carbocycles. The molecular weight excluding hydrogens is 1050 g/mol. The van der Waals surface area contributed by atoms with E-state index < -0.39 is 58.1 Å². The lowest BCUT2D eigenvalue weighted by Gasteiger charge is -2.18. The first-order valence-corrected chi connectivity index (χ1v) is 24.6. The smallest absolute Gasteiger partial charge is 0.308 e. The predicted molar refractivity (Wildman–Crippen MR) is 280 cm³/mol. The van der Waals surface area contributed by atoms with Crippen molar-refractivity contribution in [1.82, 2.24) is 19.5 Å². The SMILES string of the molecule is FC(F)(F)c1ccc(-c2ccc3c4ccc(-c5ccc(C(F)(F)F)cc5C(F)(F)F)cc4n(-c4ccc(-c5cccc6c5sc5ccccc56)cc4-c4nc(-c5ccccc5)nc(-c5ccccc5)n4)c3c2)c(C(F)(F)F)c1. The maximum absolute atomic E-state index is 14.9. The maximum atomic E-state index is 14.9. The molecule has 3 heterocycles. The summed E-state index contributed by atoms with van der Waals surface area (Å²) in [6, 6.07) is 48.0. The number of benzene rings is 9. The van der Waals surface area contributed by atoms with Crippen molar-refractivity contribution in [3.63, 3.8) is 0 Å². The van der Waals surface area contributed by atoms with Crippen LogP contribution in [0.5, 0.6) is 0 Å². The molecule has 0 unspecified atom stereocenters. The second-order valence-electron chi connectivity index (χ2n) is 18.4. The number of rotatable bonds is 7. The maximum Gasteiger partial charge on any atom is 0.417 e. The summed E-state index contributed by atoms with van der Waals surface area (Å²) in [6.07, 6.45) is -20.8. The Morgan fingerprint density at radius 3 is 1.29 bits per heavy atom. The summed E-state index contributed by atoms with van der Waals surface area (Å²) in [4.78, 5) is 15.0. The van der Waals surface area contributed by atoms with Crippen LogP contribution in [0.2, 0.25) is 0 Å². The van der Waals surface area contributed by atoms with E-state index in [0.717, 1.165) is 37.9 Å². The fraction of sp³-hybridized carbons (Fsp3) is 0.0656. The van der Waals surface area contributed by atoms with E-state index in [1.54, 1.807) is 76.6 Å². The van der Waals surface area contributed by atoms with Crippen LogP contribution in [-0.2, 0) is 24.7 Å². The molecule has 0 amide bonds. The zero-order chi connectivity index (χ0) is 54.5. The molecule has 0 N–H and O–H groups in total. The van der Waals surface area contributed by atoms with Gasteiger partial charge in [-0.1, -0.05) is 140 Å². The molecule has 386 valence electrons. The van der Waals surface area contributed by atoms with Gasteiger partial charge in [0.25, 0.3) is 0 Å². The number of hydrogen-bond acceptors (Lipinski definition) is 4. The zero-order valence-electron chi connectivity index (χ0n) is 39.7. The van der Waals surface area contributed by atoms with Gasteiger partial charge in [-0.15, -0.1) is 11.3 Å². The zero-order valence-corrected chi connectivity index (χ0v) is 40.5. The summed E-state index contributed by atoms with van der Waals surface area (Å²) >= 11 is 1.57. The predicted octanol–water partition coefficient (Wildman–Crippen LogP) is 19.4. The lowest BCUT2D eigenvalue weighted by molar-refractivity contribution is -0.144. The van der Waals surface area contributed by atoms with E-state index in [-0.39, 0.29) is 57.5 Å². The van der Waals surface area contributed by atoms with Crippen molar-refractivity contribution in [3.8, 4) is 73.2 Å². The van der Waals surface area contributed by atoms with E-state index in [9.17, 15) is 52.7 Å². The molecule has 12 rings (SSSR count). The molecule has 0 bridgehead atoms. The molecule has 0 aliphatic rings. The first-order chi connectivity index (χ1) is 37.2. The lowest BCUT2D eigenvalue weighted by Crippen LogP contribution is -2.12. The van der Waals surface area contributed by atoms with Crippen LogP contribution in [-0.4, -0.2) is 19.5 Å². The summed E-state index contributed by atoms with van der Waals surface area (Å²) in [5.74, 6) is 0.589. The first kappa shape index (κ1) is 50.0. The topological polar surface area (TPSA) is 43.6 Å². The molecule has 0 fully saturated rings. The van der Waals surface area contributed by atoms with Crippen LogP contribution >= 0.6 is 11.3 Å². The molecule has 3 aromatic heterocycles. The molecule has 0 aliphatic carbocycles. The van der Waals surface area contributed by atoms with Gasteiger partial charge in [0.2, 0.25) is 0 Å². The standard InChI is InChI=1S/C61H32F12N4S/c62-58(63,64)38-21-25-40(48(31-38)60(68,69)70)36-18-23-43-44-24-19-37(41-26-22-39(59(65,66)67)32-49(41)61(71,72)73)30-52(44)77(51(43)29-36)50-27-20-35(42-15-9-16-46-45-14-7-8-17-53(45)78-54(42)46)28-47(50)57-75-55(33-10-3-1-4-11-33)74-56(76-57)34-12-5-2-6-13-34/h1-32H. The molecule has 0 aliphatic heterocycles.